The third kappa shape index (κ3) is 5.30. The van der Waals surface area contributed by atoms with Crippen LogP contribution in [-0.2, 0) is 42.9 Å². The van der Waals surface area contributed by atoms with E-state index in [9.17, 15) is 19.2 Å². The fraction of sp³-hybridized carbons (Fsp3) is 0.778. The summed E-state index contributed by atoms with van der Waals surface area (Å²) >= 11 is 0. The number of amides is 2. The minimum Gasteiger partial charge on any atom is -0.481 e. The Bertz CT molecular complexity index is 768. The van der Waals surface area contributed by atoms with Crippen LogP contribution in [0.1, 0.15) is 34.1 Å². The quantitative estimate of drug-likeness (QED) is 0.359. The van der Waals surface area contributed by atoms with Gasteiger partial charge < -0.3 is 44.5 Å². The van der Waals surface area contributed by atoms with Gasteiger partial charge in [0.05, 0.1) is 13.0 Å². The second-order valence-corrected chi connectivity index (χ2v) is 8.36. The summed E-state index contributed by atoms with van der Waals surface area (Å²) in [5, 5.41) is 22.1. The molecular weight excluding hydrogens is 420 g/mol. The molecule has 4 N–H and O–H groups in total. The van der Waals surface area contributed by atoms with Crippen molar-refractivity contribution >= 4 is 23.8 Å². The number of rotatable bonds is 7. The number of nitrogens with one attached hydrogen (secondary N) is 2. The van der Waals surface area contributed by atoms with Crippen LogP contribution in [0, 0.1) is 0 Å². The van der Waals surface area contributed by atoms with Gasteiger partial charge in [-0.3, -0.25) is 14.4 Å². The predicted octanol–water partition coefficient (Wildman–Crippen LogP) is -1.46. The molecule has 6 unspecified atom stereocenters. The summed E-state index contributed by atoms with van der Waals surface area (Å²) in [7, 11) is 0. The lowest BCUT2D eigenvalue weighted by Crippen LogP contribution is -2.60. The number of hydrogen-bond donors (Lipinski definition) is 4. The van der Waals surface area contributed by atoms with Crippen LogP contribution in [-0.4, -0.2) is 88.8 Å². The molecule has 3 saturated heterocycles. The van der Waals surface area contributed by atoms with Gasteiger partial charge in [0, 0.05) is 0 Å². The molecule has 0 aromatic heterocycles. The smallest absolute Gasteiger partial charge is 0.326 e. The fourth-order valence-corrected chi connectivity index (χ4v) is 3.71. The Morgan fingerprint density at radius 2 is 1.48 bits per heavy atom. The normalized spacial score (nSPS) is 33.6. The van der Waals surface area contributed by atoms with Gasteiger partial charge in [-0.15, -0.1) is 0 Å². The van der Waals surface area contributed by atoms with Crippen LogP contribution in [0.15, 0.2) is 0 Å². The largest absolute Gasteiger partial charge is 0.481 e. The molecule has 3 rings (SSSR count). The zero-order valence-electron chi connectivity index (χ0n) is 17.4. The Morgan fingerprint density at radius 3 is 2.10 bits per heavy atom. The number of aliphatic carboxylic acids is 2. The molecular formula is C18H26N2O11. The maximum absolute atomic E-state index is 12.7. The molecule has 174 valence electrons. The number of carboxylic acids is 2. The van der Waals surface area contributed by atoms with Gasteiger partial charge in [-0.1, -0.05) is 0 Å². The summed E-state index contributed by atoms with van der Waals surface area (Å²) in [4.78, 5) is 46.5. The lowest BCUT2D eigenvalue weighted by Gasteiger charge is -2.36. The van der Waals surface area contributed by atoms with E-state index in [0.29, 0.717) is 0 Å². The molecule has 0 aromatic carbocycles. The van der Waals surface area contributed by atoms with Crippen molar-refractivity contribution in [2.24, 2.45) is 0 Å². The maximum Gasteiger partial charge on any atom is 0.326 e. The molecule has 31 heavy (non-hydrogen) atoms. The van der Waals surface area contributed by atoms with Crippen LogP contribution in [0.4, 0.5) is 0 Å². The Kier molecular flexibility index (Phi) is 6.26. The topological polar surface area (TPSA) is 179 Å². The van der Waals surface area contributed by atoms with E-state index in [-0.39, 0.29) is 0 Å². The summed E-state index contributed by atoms with van der Waals surface area (Å²) in [6, 6.07) is -1.63. The van der Waals surface area contributed by atoms with Crippen LogP contribution < -0.4 is 10.6 Å². The molecule has 0 spiro atoms. The molecule has 0 radical (unpaired) electrons. The van der Waals surface area contributed by atoms with Crippen LogP contribution in [0.5, 0.6) is 0 Å². The Labute approximate surface area is 177 Å². The molecule has 3 heterocycles. The minimum atomic E-state index is -1.63. The van der Waals surface area contributed by atoms with Gasteiger partial charge in [-0.2, -0.15) is 0 Å². The zero-order chi connectivity index (χ0) is 23.1. The van der Waals surface area contributed by atoms with Crippen molar-refractivity contribution in [3.05, 3.63) is 0 Å². The summed E-state index contributed by atoms with van der Waals surface area (Å²) in [6.07, 6.45) is -5.01. The molecule has 3 fully saturated rings. The summed E-state index contributed by atoms with van der Waals surface area (Å²) in [6.45, 7) is 6.15. The maximum atomic E-state index is 12.7. The first-order valence-electron chi connectivity index (χ1n) is 9.66. The molecule has 3 aliphatic heterocycles. The van der Waals surface area contributed by atoms with Gasteiger partial charge in [0.15, 0.2) is 24.0 Å². The van der Waals surface area contributed by atoms with Crippen molar-refractivity contribution in [2.75, 3.05) is 6.54 Å². The second kappa shape index (κ2) is 8.31. The number of carbonyl (C=O) groups excluding carboxylic acids is 2. The van der Waals surface area contributed by atoms with E-state index in [2.05, 4.69) is 5.32 Å². The van der Waals surface area contributed by atoms with Crippen molar-refractivity contribution in [1.82, 2.24) is 10.6 Å². The number of carboxylic acid groups (broad SMARTS) is 2. The fourth-order valence-electron chi connectivity index (χ4n) is 3.71. The average Bonchev–Trinajstić information content (AvgIpc) is 3.11. The first-order valence-corrected chi connectivity index (χ1v) is 9.66. The summed E-state index contributed by atoms with van der Waals surface area (Å²) < 4.78 is 29.0. The Morgan fingerprint density at radius 1 is 0.903 bits per heavy atom. The van der Waals surface area contributed by atoms with Crippen molar-refractivity contribution in [3.63, 3.8) is 0 Å². The van der Waals surface area contributed by atoms with Crippen molar-refractivity contribution < 1.29 is 53.1 Å². The van der Waals surface area contributed by atoms with E-state index < -0.39 is 85.0 Å². The molecule has 0 aromatic rings. The Hall–Kier alpha value is -2.32. The van der Waals surface area contributed by atoms with Gasteiger partial charge in [0.2, 0.25) is 5.91 Å². The predicted molar refractivity (Wildman–Crippen MR) is 97.4 cm³/mol. The standard InChI is InChI=1S/C18H26N2O11/c1-17(2)28-10-11(29-17)13-16(31-18(3,4)30-13)27-12(10)14(24)19-6-8(21)20-7(15(25)26)5-9(22)23/h7,10-13,16H,5-6H2,1-4H3,(H,19,24)(H,20,21)(H,22,23)(H,25,26). The zero-order valence-corrected chi connectivity index (χ0v) is 17.4. The lowest BCUT2D eigenvalue weighted by atomic mass is 9.98. The van der Waals surface area contributed by atoms with Gasteiger partial charge in [-0.05, 0) is 27.7 Å². The summed E-state index contributed by atoms with van der Waals surface area (Å²) in [5.41, 5.74) is 0. The molecule has 0 bridgehead atoms. The average molecular weight is 446 g/mol. The van der Waals surface area contributed by atoms with Crippen molar-refractivity contribution in [2.45, 2.75) is 82.4 Å². The van der Waals surface area contributed by atoms with E-state index in [4.69, 9.17) is 33.9 Å². The third-order valence-corrected chi connectivity index (χ3v) is 4.85. The van der Waals surface area contributed by atoms with Gasteiger partial charge in [0.1, 0.15) is 24.4 Å². The number of fused-ring (bicyclic) bond motifs is 3. The first kappa shape index (κ1) is 23.3. The van der Waals surface area contributed by atoms with Crippen molar-refractivity contribution in [1.29, 1.82) is 0 Å². The van der Waals surface area contributed by atoms with Crippen molar-refractivity contribution in [3.8, 4) is 0 Å². The molecule has 0 aliphatic carbocycles. The summed E-state index contributed by atoms with van der Waals surface area (Å²) in [5.74, 6) is -6.45. The van der Waals surface area contributed by atoms with E-state index in [0.717, 1.165) is 0 Å². The second-order valence-electron chi connectivity index (χ2n) is 8.36. The molecule has 3 aliphatic rings. The van der Waals surface area contributed by atoms with E-state index >= 15 is 0 Å². The molecule has 0 saturated carbocycles. The highest BCUT2D eigenvalue weighted by Gasteiger charge is 2.62. The molecule has 13 heteroatoms. The first-order chi connectivity index (χ1) is 14.3. The van der Waals surface area contributed by atoms with Crippen LogP contribution in [0.3, 0.4) is 0 Å². The highest BCUT2D eigenvalue weighted by atomic mass is 16.9. The Balaban J connectivity index is 1.63. The minimum absolute atomic E-state index is 0.597. The van der Waals surface area contributed by atoms with Crippen LogP contribution in [0.25, 0.3) is 0 Å². The number of carbonyl (C=O) groups is 4. The van der Waals surface area contributed by atoms with Crippen LogP contribution >= 0.6 is 0 Å². The molecule has 13 nitrogen and oxygen atoms in total. The van der Waals surface area contributed by atoms with Crippen LogP contribution in [0.2, 0.25) is 0 Å². The third-order valence-electron chi connectivity index (χ3n) is 4.85. The SMILES string of the molecule is CC1(C)OC2OC(C(=O)NCC(=O)NC(CC(=O)O)C(=O)O)C3OC(C)(C)OC3C2O1. The molecule has 6 atom stereocenters. The van der Waals surface area contributed by atoms with E-state index in [1.807, 2.05) is 5.32 Å². The highest BCUT2D eigenvalue weighted by molar-refractivity contribution is 5.90. The highest BCUT2D eigenvalue weighted by Crippen LogP contribution is 2.44. The molecule has 2 amide bonds. The number of ether oxygens (including phenoxy) is 5. The lowest BCUT2D eigenvalue weighted by molar-refractivity contribution is -0.231. The number of hydrogen-bond acceptors (Lipinski definition) is 9. The monoisotopic (exact) mass is 446 g/mol. The van der Waals surface area contributed by atoms with E-state index in [1.54, 1.807) is 27.7 Å². The van der Waals surface area contributed by atoms with Gasteiger partial charge >= 0.3 is 11.9 Å². The van der Waals surface area contributed by atoms with E-state index in [1.165, 1.54) is 0 Å². The van der Waals surface area contributed by atoms with Gasteiger partial charge in [0.25, 0.3) is 5.91 Å². The van der Waals surface area contributed by atoms with Gasteiger partial charge in [-0.25, -0.2) is 4.79 Å².